The minimum Gasteiger partial charge on any atom is -0.469 e. The molecule has 1 aliphatic rings. The van der Waals surface area contributed by atoms with Crippen LogP contribution in [0.3, 0.4) is 0 Å². The fraction of sp³-hybridized carbons (Fsp3) is 0.786. The highest BCUT2D eigenvalue weighted by Crippen LogP contribution is 2.39. The van der Waals surface area contributed by atoms with Crippen molar-refractivity contribution in [3.63, 3.8) is 0 Å². The number of amides is 1. The Kier molecular flexibility index (Phi) is 5.52. The summed E-state index contributed by atoms with van der Waals surface area (Å²) in [5.41, 5.74) is -0.772. The van der Waals surface area contributed by atoms with Crippen molar-refractivity contribution in [2.24, 2.45) is 11.8 Å². The Morgan fingerprint density at radius 1 is 1.55 bits per heavy atom. The largest absolute Gasteiger partial charge is 0.469 e. The average Bonchev–Trinajstić information content (AvgIpc) is 3.21. The Bertz CT molecular complexity index is 414. The van der Waals surface area contributed by atoms with Crippen molar-refractivity contribution in [3.8, 4) is 6.07 Å². The van der Waals surface area contributed by atoms with E-state index < -0.39 is 5.54 Å². The van der Waals surface area contributed by atoms with Gasteiger partial charge >= 0.3 is 5.97 Å². The molecule has 0 radical (unpaired) electrons. The van der Waals surface area contributed by atoms with Gasteiger partial charge in [-0.1, -0.05) is 6.92 Å². The van der Waals surface area contributed by atoms with Crippen molar-refractivity contribution >= 4 is 11.9 Å². The van der Waals surface area contributed by atoms with Crippen molar-refractivity contribution in [2.45, 2.75) is 32.2 Å². The lowest BCUT2D eigenvalue weighted by molar-refractivity contribution is -0.145. The fourth-order valence-electron chi connectivity index (χ4n) is 2.26. The Morgan fingerprint density at radius 3 is 2.60 bits per heavy atom. The number of esters is 1. The zero-order valence-electron chi connectivity index (χ0n) is 12.6. The van der Waals surface area contributed by atoms with Gasteiger partial charge in [0.05, 0.1) is 25.6 Å². The molecule has 6 heteroatoms. The molecule has 0 heterocycles. The van der Waals surface area contributed by atoms with Crippen LogP contribution in [0.1, 0.15) is 26.7 Å². The lowest BCUT2D eigenvalue weighted by Gasteiger charge is -2.25. The van der Waals surface area contributed by atoms with E-state index in [0.29, 0.717) is 6.54 Å². The van der Waals surface area contributed by atoms with Crippen LogP contribution in [0.5, 0.6) is 0 Å². The van der Waals surface area contributed by atoms with E-state index >= 15 is 0 Å². The molecule has 0 aromatic heterocycles. The maximum Gasteiger partial charge on any atom is 0.309 e. The first-order chi connectivity index (χ1) is 9.32. The monoisotopic (exact) mass is 281 g/mol. The third-order valence-corrected chi connectivity index (χ3v) is 3.63. The lowest BCUT2D eigenvalue weighted by Crippen LogP contribution is -2.50. The van der Waals surface area contributed by atoms with Gasteiger partial charge in [-0.15, -0.1) is 0 Å². The van der Waals surface area contributed by atoms with Gasteiger partial charge in [0.15, 0.2) is 0 Å². The van der Waals surface area contributed by atoms with Gasteiger partial charge in [0.2, 0.25) is 5.91 Å². The number of hydrogen-bond donors (Lipinski definition) is 1. The van der Waals surface area contributed by atoms with Gasteiger partial charge in [-0.25, -0.2) is 0 Å². The van der Waals surface area contributed by atoms with Crippen LogP contribution >= 0.6 is 0 Å². The minimum atomic E-state index is -0.772. The number of nitriles is 1. The summed E-state index contributed by atoms with van der Waals surface area (Å²) < 4.78 is 4.65. The zero-order chi connectivity index (χ0) is 15.3. The Balaban J connectivity index is 2.42. The molecule has 1 N–H and O–H groups in total. The number of rotatable bonds is 7. The molecule has 112 valence electrons. The lowest BCUT2D eigenvalue weighted by atomic mass is 9.98. The first-order valence-corrected chi connectivity index (χ1v) is 6.81. The van der Waals surface area contributed by atoms with Crippen LogP contribution in [-0.4, -0.2) is 49.6 Å². The van der Waals surface area contributed by atoms with Crippen molar-refractivity contribution in [3.05, 3.63) is 0 Å². The van der Waals surface area contributed by atoms with Gasteiger partial charge in [0.1, 0.15) is 5.54 Å². The molecule has 0 aromatic carbocycles. The van der Waals surface area contributed by atoms with E-state index in [4.69, 9.17) is 0 Å². The van der Waals surface area contributed by atoms with E-state index in [1.165, 1.54) is 7.11 Å². The van der Waals surface area contributed by atoms with Crippen molar-refractivity contribution in [1.29, 1.82) is 5.26 Å². The molecule has 0 aromatic rings. The molecule has 0 saturated heterocycles. The summed E-state index contributed by atoms with van der Waals surface area (Å²) >= 11 is 0. The first-order valence-electron chi connectivity index (χ1n) is 6.81. The third-order valence-electron chi connectivity index (χ3n) is 3.63. The normalized spacial score (nSPS) is 18.8. The molecule has 1 rings (SSSR count). The van der Waals surface area contributed by atoms with Gasteiger partial charge in [-0.05, 0) is 32.7 Å². The first kappa shape index (κ1) is 16.4. The third kappa shape index (κ3) is 4.49. The van der Waals surface area contributed by atoms with E-state index in [-0.39, 0.29) is 30.3 Å². The van der Waals surface area contributed by atoms with E-state index in [0.717, 1.165) is 12.8 Å². The number of nitrogens with zero attached hydrogens (tertiary/aromatic N) is 2. The Labute approximate surface area is 120 Å². The van der Waals surface area contributed by atoms with Crippen LogP contribution in [-0.2, 0) is 14.3 Å². The molecule has 1 amide bonds. The summed E-state index contributed by atoms with van der Waals surface area (Å²) in [6.07, 6.45) is 1.97. The Hall–Kier alpha value is -1.61. The molecule has 0 spiro atoms. The highest BCUT2D eigenvalue weighted by Gasteiger charge is 2.43. The van der Waals surface area contributed by atoms with Gasteiger partial charge in [-0.3, -0.25) is 14.5 Å². The van der Waals surface area contributed by atoms with Gasteiger partial charge in [0.25, 0.3) is 0 Å². The Morgan fingerprint density at radius 2 is 2.15 bits per heavy atom. The smallest absolute Gasteiger partial charge is 0.309 e. The minimum absolute atomic E-state index is 0.158. The summed E-state index contributed by atoms with van der Waals surface area (Å²) in [7, 11) is 3.11. The summed E-state index contributed by atoms with van der Waals surface area (Å²) in [6, 6.07) is 2.19. The second-order valence-corrected chi connectivity index (χ2v) is 5.76. The van der Waals surface area contributed by atoms with E-state index in [2.05, 4.69) is 16.1 Å². The highest BCUT2D eigenvalue weighted by atomic mass is 16.5. The summed E-state index contributed by atoms with van der Waals surface area (Å²) in [5, 5.41) is 12.0. The van der Waals surface area contributed by atoms with Gasteiger partial charge < -0.3 is 10.1 Å². The molecular formula is C14H23N3O3. The van der Waals surface area contributed by atoms with Gasteiger partial charge in [-0.2, -0.15) is 5.26 Å². The predicted molar refractivity (Wildman–Crippen MR) is 73.6 cm³/mol. The second kappa shape index (κ2) is 6.71. The number of carbonyl (C=O) groups is 2. The summed E-state index contributed by atoms with van der Waals surface area (Å²) in [5.74, 6) is -0.517. The SMILES string of the molecule is COC(=O)C(C)CN(C)CC(=O)NC(C)(C#N)C1CC1. The second-order valence-electron chi connectivity index (χ2n) is 5.76. The standard InChI is InChI=1S/C14H23N3O3/c1-10(13(19)20-4)7-17(3)8-12(18)16-14(2,9-15)11-5-6-11/h10-11H,5-8H2,1-4H3,(H,16,18). The number of nitrogens with one attached hydrogen (secondary N) is 1. The van der Waals surface area contributed by atoms with Gasteiger partial charge in [0, 0.05) is 6.54 Å². The maximum absolute atomic E-state index is 12.0. The van der Waals surface area contributed by atoms with E-state index in [1.54, 1.807) is 25.8 Å². The van der Waals surface area contributed by atoms with Crippen molar-refractivity contribution in [2.75, 3.05) is 27.2 Å². The summed E-state index contributed by atoms with van der Waals surface area (Å²) in [6.45, 7) is 4.11. The number of likely N-dealkylation sites (N-methyl/N-ethyl adjacent to an activating group) is 1. The fourth-order valence-corrected chi connectivity index (χ4v) is 2.26. The zero-order valence-corrected chi connectivity index (χ0v) is 12.6. The van der Waals surface area contributed by atoms with Crippen LogP contribution in [0.4, 0.5) is 0 Å². The van der Waals surface area contributed by atoms with Crippen LogP contribution in [0.25, 0.3) is 0 Å². The maximum atomic E-state index is 12.0. The molecule has 1 fully saturated rings. The molecule has 2 unspecified atom stereocenters. The van der Waals surface area contributed by atoms with Crippen LogP contribution in [0.15, 0.2) is 0 Å². The van der Waals surface area contributed by atoms with Crippen molar-refractivity contribution < 1.29 is 14.3 Å². The molecule has 6 nitrogen and oxygen atoms in total. The molecule has 20 heavy (non-hydrogen) atoms. The number of hydrogen-bond acceptors (Lipinski definition) is 5. The molecule has 0 aliphatic heterocycles. The average molecular weight is 281 g/mol. The number of carbonyl (C=O) groups excluding carboxylic acids is 2. The number of ether oxygens (including phenoxy) is 1. The van der Waals surface area contributed by atoms with Crippen LogP contribution in [0.2, 0.25) is 0 Å². The molecular weight excluding hydrogens is 258 g/mol. The number of methoxy groups -OCH3 is 1. The van der Waals surface area contributed by atoms with Crippen LogP contribution in [0, 0.1) is 23.2 Å². The molecule has 1 aliphatic carbocycles. The van der Waals surface area contributed by atoms with Crippen molar-refractivity contribution in [1.82, 2.24) is 10.2 Å². The topological polar surface area (TPSA) is 82.4 Å². The van der Waals surface area contributed by atoms with E-state index in [1.807, 2.05) is 0 Å². The predicted octanol–water partition coefficient (Wildman–Crippen LogP) is 0.536. The highest BCUT2D eigenvalue weighted by molar-refractivity contribution is 5.79. The van der Waals surface area contributed by atoms with E-state index in [9.17, 15) is 14.9 Å². The van der Waals surface area contributed by atoms with Crippen LogP contribution < -0.4 is 5.32 Å². The summed E-state index contributed by atoms with van der Waals surface area (Å²) in [4.78, 5) is 25.0. The molecule has 2 atom stereocenters. The molecule has 1 saturated carbocycles. The molecule has 0 bridgehead atoms. The quantitative estimate of drug-likeness (QED) is 0.689.